The predicted octanol–water partition coefficient (Wildman–Crippen LogP) is 1.86. The molecule has 0 aromatic rings. The fourth-order valence-corrected chi connectivity index (χ4v) is 1.89. The van der Waals surface area contributed by atoms with Crippen molar-refractivity contribution in [3.8, 4) is 0 Å². The Bertz CT molecular complexity index is 132. The Morgan fingerprint density at radius 2 is 2.00 bits per heavy atom. The summed E-state index contributed by atoms with van der Waals surface area (Å²) >= 11 is 0. The van der Waals surface area contributed by atoms with Crippen LogP contribution in [-0.4, -0.2) is 36.6 Å². The molecule has 2 heteroatoms. The molecule has 1 aliphatic rings. The molecular weight excluding hydrogens is 160 g/mol. The third-order valence-electron chi connectivity index (χ3n) is 2.91. The molecule has 0 aromatic carbocycles. The molecule has 0 amide bonds. The third-order valence-corrected chi connectivity index (χ3v) is 2.91. The van der Waals surface area contributed by atoms with Crippen molar-refractivity contribution in [1.29, 1.82) is 0 Å². The van der Waals surface area contributed by atoms with Crippen molar-refractivity contribution in [3.63, 3.8) is 0 Å². The molecule has 1 saturated carbocycles. The van der Waals surface area contributed by atoms with Crippen LogP contribution in [0.25, 0.3) is 0 Å². The summed E-state index contributed by atoms with van der Waals surface area (Å²) in [5, 5.41) is 3.54. The van der Waals surface area contributed by atoms with Gasteiger partial charge in [0.2, 0.25) is 0 Å². The molecule has 0 bridgehead atoms. The maximum Gasteiger partial charge on any atom is 0.0192 e. The smallest absolute Gasteiger partial charge is 0.0192 e. The van der Waals surface area contributed by atoms with Crippen LogP contribution in [0.15, 0.2) is 0 Å². The molecular formula is C11H24N2. The van der Waals surface area contributed by atoms with Crippen molar-refractivity contribution < 1.29 is 0 Å². The van der Waals surface area contributed by atoms with Crippen LogP contribution in [0.4, 0.5) is 0 Å². The Kier molecular flexibility index (Phi) is 4.74. The summed E-state index contributed by atoms with van der Waals surface area (Å²) in [7, 11) is 0. The molecule has 2 nitrogen and oxygen atoms in total. The van der Waals surface area contributed by atoms with Gasteiger partial charge in [0.25, 0.3) is 0 Å². The molecule has 1 atom stereocenters. The Morgan fingerprint density at radius 1 is 1.31 bits per heavy atom. The number of hydrogen-bond acceptors (Lipinski definition) is 2. The Labute approximate surface area is 82.7 Å². The SMILES string of the molecule is CCNC(CC)CN(CC)C1CC1. The second-order valence-corrected chi connectivity index (χ2v) is 3.98. The van der Waals surface area contributed by atoms with E-state index in [1.807, 2.05) is 0 Å². The zero-order valence-corrected chi connectivity index (χ0v) is 9.34. The van der Waals surface area contributed by atoms with E-state index in [1.165, 1.54) is 32.4 Å². The van der Waals surface area contributed by atoms with Crippen LogP contribution >= 0.6 is 0 Å². The first-order valence-electron chi connectivity index (χ1n) is 5.79. The minimum absolute atomic E-state index is 0.700. The molecule has 0 saturated heterocycles. The topological polar surface area (TPSA) is 15.3 Å². The molecule has 1 unspecified atom stereocenters. The van der Waals surface area contributed by atoms with Crippen molar-refractivity contribution in [1.82, 2.24) is 10.2 Å². The number of hydrogen-bond donors (Lipinski definition) is 1. The van der Waals surface area contributed by atoms with E-state index in [0.717, 1.165) is 12.6 Å². The van der Waals surface area contributed by atoms with Gasteiger partial charge in [0.15, 0.2) is 0 Å². The van der Waals surface area contributed by atoms with Crippen LogP contribution in [0, 0.1) is 0 Å². The molecule has 1 aliphatic carbocycles. The molecule has 1 N–H and O–H groups in total. The first-order chi connectivity index (χ1) is 6.31. The quantitative estimate of drug-likeness (QED) is 0.649. The van der Waals surface area contributed by atoms with Crippen LogP contribution in [0.5, 0.6) is 0 Å². The van der Waals surface area contributed by atoms with Crippen LogP contribution in [0.2, 0.25) is 0 Å². The van der Waals surface area contributed by atoms with Crippen molar-refractivity contribution in [2.45, 2.75) is 52.1 Å². The van der Waals surface area contributed by atoms with Gasteiger partial charge in [-0.2, -0.15) is 0 Å². The summed E-state index contributed by atoms with van der Waals surface area (Å²) in [6.45, 7) is 10.3. The van der Waals surface area contributed by atoms with Crippen molar-refractivity contribution >= 4 is 0 Å². The Hall–Kier alpha value is -0.0800. The highest BCUT2D eigenvalue weighted by Crippen LogP contribution is 2.26. The van der Waals surface area contributed by atoms with E-state index in [2.05, 4.69) is 31.0 Å². The molecule has 0 radical (unpaired) electrons. The predicted molar refractivity (Wildman–Crippen MR) is 58.0 cm³/mol. The highest BCUT2D eigenvalue weighted by Gasteiger charge is 2.28. The summed E-state index contributed by atoms with van der Waals surface area (Å²) in [5.41, 5.74) is 0. The number of nitrogens with one attached hydrogen (secondary N) is 1. The third kappa shape index (κ3) is 3.65. The molecule has 1 fully saturated rings. The van der Waals surface area contributed by atoms with E-state index >= 15 is 0 Å². The second-order valence-electron chi connectivity index (χ2n) is 3.98. The van der Waals surface area contributed by atoms with Crippen molar-refractivity contribution in [3.05, 3.63) is 0 Å². The van der Waals surface area contributed by atoms with Gasteiger partial charge in [-0.05, 0) is 32.4 Å². The zero-order valence-electron chi connectivity index (χ0n) is 9.34. The largest absolute Gasteiger partial charge is 0.313 e. The Morgan fingerprint density at radius 3 is 2.38 bits per heavy atom. The summed E-state index contributed by atoms with van der Waals surface area (Å²) in [4.78, 5) is 2.62. The normalized spacial score (nSPS) is 19.4. The van der Waals surface area contributed by atoms with Crippen LogP contribution in [0.3, 0.4) is 0 Å². The van der Waals surface area contributed by atoms with E-state index in [1.54, 1.807) is 0 Å². The molecule has 0 aromatic heterocycles. The average molecular weight is 184 g/mol. The molecule has 0 spiro atoms. The van der Waals surface area contributed by atoms with Gasteiger partial charge >= 0.3 is 0 Å². The first-order valence-corrected chi connectivity index (χ1v) is 5.79. The van der Waals surface area contributed by atoms with Gasteiger partial charge in [0, 0.05) is 18.6 Å². The summed E-state index contributed by atoms with van der Waals surface area (Å²) in [5.74, 6) is 0. The Balaban J connectivity index is 2.24. The van der Waals surface area contributed by atoms with Crippen LogP contribution in [0.1, 0.15) is 40.0 Å². The van der Waals surface area contributed by atoms with E-state index in [0.29, 0.717) is 6.04 Å². The van der Waals surface area contributed by atoms with Gasteiger partial charge in [-0.15, -0.1) is 0 Å². The highest BCUT2D eigenvalue weighted by molar-refractivity contribution is 4.86. The van der Waals surface area contributed by atoms with E-state index < -0.39 is 0 Å². The fourth-order valence-electron chi connectivity index (χ4n) is 1.89. The summed E-state index contributed by atoms with van der Waals surface area (Å²) < 4.78 is 0. The van der Waals surface area contributed by atoms with E-state index in [9.17, 15) is 0 Å². The second kappa shape index (κ2) is 5.61. The van der Waals surface area contributed by atoms with Crippen LogP contribution in [-0.2, 0) is 0 Å². The minimum Gasteiger partial charge on any atom is -0.313 e. The van der Waals surface area contributed by atoms with Gasteiger partial charge in [0.05, 0.1) is 0 Å². The molecule has 0 heterocycles. The number of nitrogens with zero attached hydrogens (tertiary/aromatic N) is 1. The van der Waals surface area contributed by atoms with Crippen LogP contribution < -0.4 is 5.32 Å². The first kappa shape index (κ1) is 11.0. The minimum atomic E-state index is 0.700. The lowest BCUT2D eigenvalue weighted by Gasteiger charge is -2.26. The highest BCUT2D eigenvalue weighted by atomic mass is 15.2. The molecule has 78 valence electrons. The maximum atomic E-state index is 3.54. The lowest BCUT2D eigenvalue weighted by Crippen LogP contribution is -2.41. The fraction of sp³-hybridized carbons (Fsp3) is 1.00. The monoisotopic (exact) mass is 184 g/mol. The van der Waals surface area contributed by atoms with Crippen molar-refractivity contribution in [2.75, 3.05) is 19.6 Å². The van der Waals surface area contributed by atoms with E-state index in [4.69, 9.17) is 0 Å². The number of rotatable bonds is 7. The standard InChI is InChI=1S/C11H24N2/c1-4-10(12-5-2)9-13(6-3)11-7-8-11/h10-12H,4-9H2,1-3H3. The van der Waals surface area contributed by atoms with E-state index in [-0.39, 0.29) is 0 Å². The number of likely N-dealkylation sites (N-methyl/N-ethyl adjacent to an activating group) is 2. The summed E-state index contributed by atoms with van der Waals surface area (Å²) in [6, 6.07) is 1.61. The van der Waals surface area contributed by atoms with Gasteiger partial charge in [-0.3, -0.25) is 4.90 Å². The maximum absolute atomic E-state index is 3.54. The van der Waals surface area contributed by atoms with Crippen molar-refractivity contribution in [2.24, 2.45) is 0 Å². The average Bonchev–Trinajstić information content (AvgIpc) is 2.95. The lowest BCUT2D eigenvalue weighted by atomic mass is 10.2. The zero-order chi connectivity index (χ0) is 9.68. The summed E-state index contributed by atoms with van der Waals surface area (Å²) in [6.07, 6.45) is 4.10. The van der Waals surface area contributed by atoms with Gasteiger partial charge in [-0.1, -0.05) is 20.8 Å². The molecule has 1 rings (SSSR count). The van der Waals surface area contributed by atoms with Gasteiger partial charge < -0.3 is 5.32 Å². The molecule has 0 aliphatic heterocycles. The van der Waals surface area contributed by atoms with Gasteiger partial charge in [0.1, 0.15) is 0 Å². The van der Waals surface area contributed by atoms with Gasteiger partial charge in [-0.25, -0.2) is 0 Å². The molecule has 13 heavy (non-hydrogen) atoms. The lowest BCUT2D eigenvalue weighted by molar-refractivity contribution is 0.241.